The SMILES string of the molecule is C[S+]([O-])CC(O)c1[nH]c2cc(Br)c(Cl)cc2c1-c1ccncn1. The molecule has 0 saturated heterocycles. The van der Waals surface area contributed by atoms with E-state index in [1.807, 2.05) is 12.1 Å². The number of fused-ring (bicyclic) bond motifs is 1. The van der Waals surface area contributed by atoms with Crippen LogP contribution in [-0.4, -0.2) is 36.6 Å². The predicted octanol–water partition coefficient (Wildman–Crippen LogP) is 3.45. The first-order valence-corrected chi connectivity index (χ1v) is 9.62. The van der Waals surface area contributed by atoms with Crippen LogP contribution in [0.15, 0.2) is 35.2 Å². The highest BCUT2D eigenvalue weighted by molar-refractivity contribution is 9.10. The normalized spacial score (nSPS) is 14.1. The largest absolute Gasteiger partial charge is 0.616 e. The van der Waals surface area contributed by atoms with Crippen LogP contribution in [0.1, 0.15) is 11.8 Å². The minimum Gasteiger partial charge on any atom is -0.616 e. The smallest absolute Gasteiger partial charge is 0.139 e. The van der Waals surface area contributed by atoms with Crippen LogP contribution in [0.25, 0.3) is 22.2 Å². The summed E-state index contributed by atoms with van der Waals surface area (Å²) >= 11 is 8.48. The van der Waals surface area contributed by atoms with Crippen LogP contribution in [0.3, 0.4) is 0 Å². The van der Waals surface area contributed by atoms with Crippen molar-refractivity contribution in [1.82, 2.24) is 15.0 Å². The molecule has 0 aliphatic heterocycles. The van der Waals surface area contributed by atoms with E-state index >= 15 is 0 Å². The number of rotatable bonds is 4. The second-order valence-corrected chi connectivity index (χ2v) is 7.82. The van der Waals surface area contributed by atoms with Gasteiger partial charge in [0.25, 0.3) is 0 Å². The van der Waals surface area contributed by atoms with Gasteiger partial charge in [0, 0.05) is 27.1 Å². The molecular formula is C15H13BrClN3O2S. The maximum atomic E-state index is 11.5. The molecule has 3 aromatic rings. The fraction of sp³-hybridized carbons (Fsp3) is 0.200. The molecule has 2 heterocycles. The molecule has 2 N–H and O–H groups in total. The summed E-state index contributed by atoms with van der Waals surface area (Å²) in [6.07, 6.45) is 3.75. The molecule has 120 valence electrons. The van der Waals surface area contributed by atoms with Gasteiger partial charge in [0.15, 0.2) is 0 Å². The van der Waals surface area contributed by atoms with E-state index in [0.717, 1.165) is 20.9 Å². The number of nitrogens with one attached hydrogen (secondary N) is 1. The highest BCUT2D eigenvalue weighted by Gasteiger charge is 2.23. The summed E-state index contributed by atoms with van der Waals surface area (Å²) < 4.78 is 12.2. The Morgan fingerprint density at radius 1 is 1.48 bits per heavy atom. The Bertz CT molecular complexity index is 842. The van der Waals surface area contributed by atoms with Crippen molar-refractivity contribution in [2.24, 2.45) is 0 Å². The number of hydrogen-bond acceptors (Lipinski definition) is 4. The molecule has 0 aliphatic carbocycles. The third kappa shape index (κ3) is 3.39. The molecule has 5 nitrogen and oxygen atoms in total. The Kier molecular flexibility index (Phi) is 4.93. The summed E-state index contributed by atoms with van der Waals surface area (Å²) in [7, 11) is 0. The van der Waals surface area contributed by atoms with Gasteiger partial charge < -0.3 is 14.6 Å². The van der Waals surface area contributed by atoms with Crippen LogP contribution >= 0.6 is 27.5 Å². The van der Waals surface area contributed by atoms with Gasteiger partial charge >= 0.3 is 0 Å². The van der Waals surface area contributed by atoms with E-state index in [2.05, 4.69) is 30.9 Å². The number of aromatic amines is 1. The summed E-state index contributed by atoms with van der Waals surface area (Å²) in [5.74, 6) is 0.139. The first-order chi connectivity index (χ1) is 11.0. The zero-order chi connectivity index (χ0) is 16.6. The summed E-state index contributed by atoms with van der Waals surface area (Å²) in [4.78, 5) is 11.4. The van der Waals surface area contributed by atoms with Crippen LogP contribution in [-0.2, 0) is 11.2 Å². The summed E-state index contributed by atoms with van der Waals surface area (Å²) in [5, 5.41) is 11.9. The summed E-state index contributed by atoms with van der Waals surface area (Å²) in [6.45, 7) is 0. The summed E-state index contributed by atoms with van der Waals surface area (Å²) in [6, 6.07) is 5.42. The Hall–Kier alpha value is -1.12. The van der Waals surface area contributed by atoms with Crippen LogP contribution in [0.2, 0.25) is 5.02 Å². The molecule has 1 aromatic carbocycles. The Labute approximate surface area is 149 Å². The van der Waals surface area contributed by atoms with Crippen LogP contribution in [0.5, 0.6) is 0 Å². The number of benzene rings is 1. The number of aromatic nitrogens is 3. The van der Waals surface area contributed by atoms with Gasteiger partial charge in [-0.05, 0) is 34.1 Å². The fourth-order valence-electron chi connectivity index (χ4n) is 2.48. The van der Waals surface area contributed by atoms with Crippen LogP contribution < -0.4 is 0 Å². The van der Waals surface area contributed by atoms with E-state index in [9.17, 15) is 9.66 Å². The first-order valence-electron chi connectivity index (χ1n) is 6.72. The lowest BCUT2D eigenvalue weighted by atomic mass is 10.0. The third-order valence-electron chi connectivity index (χ3n) is 3.43. The van der Waals surface area contributed by atoms with E-state index in [1.54, 1.807) is 18.5 Å². The van der Waals surface area contributed by atoms with E-state index in [-0.39, 0.29) is 5.75 Å². The maximum Gasteiger partial charge on any atom is 0.139 e. The molecule has 0 saturated carbocycles. The van der Waals surface area contributed by atoms with Gasteiger partial charge in [-0.15, -0.1) is 0 Å². The quantitative estimate of drug-likeness (QED) is 0.640. The van der Waals surface area contributed by atoms with Crippen molar-refractivity contribution in [3.05, 3.63) is 45.9 Å². The van der Waals surface area contributed by atoms with Crippen LogP contribution in [0.4, 0.5) is 0 Å². The van der Waals surface area contributed by atoms with Crippen molar-refractivity contribution < 1.29 is 9.66 Å². The second-order valence-electron chi connectivity index (χ2n) is 5.08. The number of aliphatic hydroxyl groups is 1. The molecule has 0 amide bonds. The van der Waals surface area contributed by atoms with Gasteiger partial charge in [-0.1, -0.05) is 22.8 Å². The number of halogens is 2. The van der Waals surface area contributed by atoms with Crippen molar-refractivity contribution in [1.29, 1.82) is 0 Å². The average Bonchev–Trinajstić information content (AvgIpc) is 2.86. The number of H-pyrrole nitrogens is 1. The lowest BCUT2D eigenvalue weighted by Crippen LogP contribution is -2.13. The minimum atomic E-state index is -1.13. The molecule has 2 atom stereocenters. The van der Waals surface area contributed by atoms with Gasteiger partial charge in [-0.2, -0.15) is 0 Å². The minimum absolute atomic E-state index is 0.139. The topological polar surface area (TPSA) is 84.9 Å². The average molecular weight is 415 g/mol. The zero-order valence-corrected chi connectivity index (χ0v) is 15.2. The lowest BCUT2D eigenvalue weighted by molar-refractivity contribution is 0.198. The van der Waals surface area contributed by atoms with Crippen LogP contribution in [0, 0.1) is 0 Å². The predicted molar refractivity (Wildman–Crippen MR) is 95.9 cm³/mol. The molecular weight excluding hydrogens is 402 g/mol. The second kappa shape index (κ2) is 6.78. The standard InChI is InChI=1S/C15H13BrClN3O2S/c1-23(22)6-13(21)15-14(11-2-3-18-7-19-11)8-4-10(17)9(16)5-12(8)20-15/h2-5,7,13,20-21H,6H2,1H3. The molecule has 0 fully saturated rings. The summed E-state index contributed by atoms with van der Waals surface area (Å²) in [5.41, 5.74) is 2.80. The molecule has 8 heteroatoms. The van der Waals surface area contributed by atoms with E-state index in [1.165, 1.54) is 6.33 Å². The monoisotopic (exact) mass is 413 g/mol. The third-order valence-corrected chi connectivity index (χ3v) is 5.41. The maximum absolute atomic E-state index is 11.5. The highest BCUT2D eigenvalue weighted by atomic mass is 79.9. The molecule has 2 aromatic heterocycles. The number of hydrogen-bond donors (Lipinski definition) is 2. The van der Waals surface area contributed by atoms with Crippen molar-refractivity contribution in [2.45, 2.75) is 6.10 Å². The fourth-order valence-corrected chi connectivity index (χ4v) is 3.60. The van der Waals surface area contributed by atoms with E-state index in [4.69, 9.17) is 11.6 Å². The Morgan fingerprint density at radius 3 is 2.91 bits per heavy atom. The van der Waals surface area contributed by atoms with E-state index < -0.39 is 17.3 Å². The van der Waals surface area contributed by atoms with Crippen molar-refractivity contribution in [3.8, 4) is 11.3 Å². The molecule has 0 bridgehead atoms. The molecule has 2 unspecified atom stereocenters. The Morgan fingerprint density at radius 2 is 2.26 bits per heavy atom. The molecule has 0 radical (unpaired) electrons. The Balaban J connectivity index is 2.26. The molecule has 3 rings (SSSR count). The van der Waals surface area contributed by atoms with Crippen molar-refractivity contribution in [2.75, 3.05) is 12.0 Å². The molecule has 0 aliphatic rings. The van der Waals surface area contributed by atoms with Gasteiger partial charge in [-0.25, -0.2) is 9.97 Å². The van der Waals surface area contributed by atoms with Gasteiger partial charge in [0.1, 0.15) is 18.2 Å². The van der Waals surface area contributed by atoms with Gasteiger partial charge in [0.2, 0.25) is 0 Å². The van der Waals surface area contributed by atoms with Crippen molar-refractivity contribution in [3.63, 3.8) is 0 Å². The number of aliphatic hydroxyl groups excluding tert-OH is 1. The molecule has 23 heavy (non-hydrogen) atoms. The van der Waals surface area contributed by atoms with Crippen molar-refractivity contribution >= 4 is 49.6 Å². The zero-order valence-electron chi connectivity index (χ0n) is 12.1. The molecule has 0 spiro atoms. The van der Waals surface area contributed by atoms with E-state index in [0.29, 0.717) is 16.4 Å². The number of nitrogens with zero attached hydrogens (tertiary/aromatic N) is 2. The first kappa shape index (κ1) is 16.7. The van der Waals surface area contributed by atoms with Gasteiger partial charge in [0.05, 0.1) is 22.7 Å². The lowest BCUT2D eigenvalue weighted by Gasteiger charge is -2.12. The van der Waals surface area contributed by atoms with Gasteiger partial charge in [-0.3, -0.25) is 0 Å². The highest BCUT2D eigenvalue weighted by Crippen LogP contribution is 2.38.